The molecule has 0 unspecified atom stereocenters. The molecule has 0 saturated carbocycles. The number of aryl methyl sites for hydroxylation is 3. The number of hydrogen-bond acceptors (Lipinski definition) is 4. The van der Waals surface area contributed by atoms with Crippen LogP contribution in [0.5, 0.6) is 0 Å². The van der Waals surface area contributed by atoms with Crippen molar-refractivity contribution in [2.24, 2.45) is 0 Å². The molecule has 1 aromatic carbocycles. The van der Waals surface area contributed by atoms with E-state index in [1.807, 2.05) is 17.9 Å². The van der Waals surface area contributed by atoms with Gasteiger partial charge in [-0.2, -0.15) is 0 Å². The molecule has 5 heteroatoms. The summed E-state index contributed by atoms with van der Waals surface area (Å²) >= 11 is 0. The van der Waals surface area contributed by atoms with E-state index >= 15 is 0 Å². The number of carbonyl (C=O) groups is 1. The third-order valence-corrected chi connectivity index (χ3v) is 4.09. The largest absolute Gasteiger partial charge is 0.340 e. The van der Waals surface area contributed by atoms with Crippen LogP contribution in [0, 0.1) is 20.8 Å². The molecule has 0 atom stereocenters. The van der Waals surface area contributed by atoms with E-state index in [4.69, 9.17) is 0 Å². The summed E-state index contributed by atoms with van der Waals surface area (Å²) in [5, 5.41) is 3.30. The van der Waals surface area contributed by atoms with Crippen LogP contribution in [0.4, 0.5) is 11.5 Å². The van der Waals surface area contributed by atoms with Crippen molar-refractivity contribution in [3.05, 3.63) is 46.9 Å². The Balaban J connectivity index is 1.86. The molecule has 1 saturated heterocycles. The summed E-state index contributed by atoms with van der Waals surface area (Å²) in [6.07, 6.45) is 2.15. The number of nitrogens with zero attached hydrogens (tertiary/aromatic N) is 3. The van der Waals surface area contributed by atoms with Gasteiger partial charge in [0.25, 0.3) is 5.91 Å². The van der Waals surface area contributed by atoms with Crippen LogP contribution in [0.25, 0.3) is 0 Å². The standard InChI is InChI=1S/C18H22N4O/c1-12-6-7-15(13(2)10-12)21-17-11-16(19-14(3)20-17)18(23)22-8-4-5-9-22/h6-7,10-11H,4-5,8-9H2,1-3H3,(H,19,20,21). The Morgan fingerprint density at radius 3 is 2.52 bits per heavy atom. The van der Waals surface area contributed by atoms with Gasteiger partial charge in [0, 0.05) is 24.8 Å². The lowest BCUT2D eigenvalue weighted by atomic mass is 10.1. The monoisotopic (exact) mass is 310 g/mol. The highest BCUT2D eigenvalue weighted by Crippen LogP contribution is 2.21. The van der Waals surface area contributed by atoms with E-state index in [1.54, 1.807) is 6.07 Å². The van der Waals surface area contributed by atoms with Gasteiger partial charge < -0.3 is 10.2 Å². The van der Waals surface area contributed by atoms with Crippen LogP contribution in [0.15, 0.2) is 24.3 Å². The Kier molecular flexibility index (Phi) is 4.28. The van der Waals surface area contributed by atoms with Crippen molar-refractivity contribution in [3.63, 3.8) is 0 Å². The lowest BCUT2D eigenvalue weighted by Crippen LogP contribution is -2.28. The van der Waals surface area contributed by atoms with Gasteiger partial charge in [0.2, 0.25) is 0 Å². The van der Waals surface area contributed by atoms with Gasteiger partial charge in [0.05, 0.1) is 0 Å². The Morgan fingerprint density at radius 2 is 1.83 bits per heavy atom. The fourth-order valence-electron chi connectivity index (χ4n) is 2.92. The molecule has 23 heavy (non-hydrogen) atoms. The lowest BCUT2D eigenvalue weighted by Gasteiger charge is -2.16. The topological polar surface area (TPSA) is 58.1 Å². The minimum atomic E-state index is -0.00308. The Labute approximate surface area is 136 Å². The number of nitrogens with one attached hydrogen (secondary N) is 1. The maximum absolute atomic E-state index is 12.5. The number of benzene rings is 1. The molecular formula is C18H22N4O. The summed E-state index contributed by atoms with van der Waals surface area (Å²) in [7, 11) is 0. The maximum Gasteiger partial charge on any atom is 0.272 e. The normalized spacial score (nSPS) is 14.1. The molecular weight excluding hydrogens is 288 g/mol. The van der Waals surface area contributed by atoms with E-state index in [2.05, 4.69) is 41.3 Å². The van der Waals surface area contributed by atoms with E-state index < -0.39 is 0 Å². The third kappa shape index (κ3) is 3.50. The number of anilines is 2. The van der Waals surface area contributed by atoms with Crippen LogP contribution < -0.4 is 5.32 Å². The van der Waals surface area contributed by atoms with Crippen LogP contribution in [0.3, 0.4) is 0 Å². The molecule has 0 aliphatic carbocycles. The first-order valence-electron chi connectivity index (χ1n) is 8.02. The number of amides is 1. The first-order valence-corrected chi connectivity index (χ1v) is 8.02. The van der Waals surface area contributed by atoms with Gasteiger partial charge in [-0.05, 0) is 45.2 Å². The molecule has 2 heterocycles. The van der Waals surface area contributed by atoms with Crippen LogP contribution in [-0.4, -0.2) is 33.9 Å². The van der Waals surface area contributed by atoms with E-state index in [0.717, 1.165) is 37.2 Å². The highest BCUT2D eigenvalue weighted by Gasteiger charge is 2.21. The minimum Gasteiger partial charge on any atom is -0.340 e. The van der Waals surface area contributed by atoms with E-state index in [1.165, 1.54) is 5.56 Å². The van der Waals surface area contributed by atoms with Crippen molar-refractivity contribution in [1.29, 1.82) is 0 Å². The van der Waals surface area contributed by atoms with Crippen molar-refractivity contribution < 1.29 is 4.79 Å². The molecule has 3 rings (SSSR count). The van der Waals surface area contributed by atoms with Gasteiger partial charge in [-0.3, -0.25) is 4.79 Å². The van der Waals surface area contributed by atoms with Gasteiger partial charge in [0.15, 0.2) is 0 Å². The highest BCUT2D eigenvalue weighted by atomic mass is 16.2. The Morgan fingerprint density at radius 1 is 1.09 bits per heavy atom. The predicted octanol–water partition coefficient (Wildman–Crippen LogP) is 3.38. The predicted molar refractivity (Wildman–Crippen MR) is 91.1 cm³/mol. The molecule has 1 fully saturated rings. The second-order valence-corrected chi connectivity index (χ2v) is 6.13. The first-order chi connectivity index (χ1) is 11.0. The zero-order valence-corrected chi connectivity index (χ0v) is 13.9. The van der Waals surface area contributed by atoms with Gasteiger partial charge >= 0.3 is 0 Å². The lowest BCUT2D eigenvalue weighted by molar-refractivity contribution is 0.0786. The molecule has 120 valence electrons. The molecule has 2 aromatic rings. The fourth-order valence-corrected chi connectivity index (χ4v) is 2.92. The second kappa shape index (κ2) is 6.36. The summed E-state index contributed by atoms with van der Waals surface area (Å²) in [5.41, 5.74) is 3.82. The number of rotatable bonds is 3. The van der Waals surface area contributed by atoms with Crippen LogP contribution in [-0.2, 0) is 0 Å². The van der Waals surface area contributed by atoms with Crippen LogP contribution in [0.2, 0.25) is 0 Å². The van der Waals surface area contributed by atoms with Crippen molar-refractivity contribution in [2.45, 2.75) is 33.6 Å². The third-order valence-electron chi connectivity index (χ3n) is 4.09. The summed E-state index contributed by atoms with van der Waals surface area (Å²) in [6.45, 7) is 7.58. The molecule has 0 radical (unpaired) electrons. The van der Waals surface area contributed by atoms with Gasteiger partial charge in [-0.25, -0.2) is 9.97 Å². The van der Waals surface area contributed by atoms with Gasteiger partial charge in [-0.1, -0.05) is 17.7 Å². The average molecular weight is 310 g/mol. The minimum absolute atomic E-state index is 0.00308. The molecule has 1 aliphatic heterocycles. The van der Waals surface area contributed by atoms with Crippen LogP contribution >= 0.6 is 0 Å². The van der Waals surface area contributed by atoms with Crippen molar-refractivity contribution in [1.82, 2.24) is 14.9 Å². The number of hydrogen-bond donors (Lipinski definition) is 1. The molecule has 1 aromatic heterocycles. The number of carbonyl (C=O) groups excluding carboxylic acids is 1. The van der Waals surface area contributed by atoms with E-state index in [-0.39, 0.29) is 5.91 Å². The quantitative estimate of drug-likeness (QED) is 0.944. The summed E-state index contributed by atoms with van der Waals surface area (Å²) in [5.74, 6) is 1.26. The number of aromatic nitrogens is 2. The van der Waals surface area contributed by atoms with E-state index in [0.29, 0.717) is 17.3 Å². The second-order valence-electron chi connectivity index (χ2n) is 6.13. The molecule has 1 N–H and O–H groups in total. The molecule has 0 bridgehead atoms. The van der Waals surface area contributed by atoms with Gasteiger partial charge in [0.1, 0.15) is 17.3 Å². The maximum atomic E-state index is 12.5. The molecule has 1 aliphatic rings. The molecule has 0 spiro atoms. The summed E-state index contributed by atoms with van der Waals surface area (Å²) < 4.78 is 0. The SMILES string of the molecule is Cc1ccc(Nc2cc(C(=O)N3CCCC3)nc(C)n2)c(C)c1. The van der Waals surface area contributed by atoms with Gasteiger partial charge in [-0.15, -0.1) is 0 Å². The van der Waals surface area contributed by atoms with E-state index in [9.17, 15) is 4.79 Å². The summed E-state index contributed by atoms with van der Waals surface area (Å²) in [4.78, 5) is 23.1. The first kappa shape index (κ1) is 15.5. The van der Waals surface area contributed by atoms with Crippen molar-refractivity contribution >= 4 is 17.4 Å². The Bertz CT molecular complexity index is 736. The van der Waals surface area contributed by atoms with Crippen molar-refractivity contribution in [2.75, 3.05) is 18.4 Å². The fraction of sp³-hybridized carbons (Fsp3) is 0.389. The highest BCUT2D eigenvalue weighted by molar-refractivity contribution is 5.93. The van der Waals surface area contributed by atoms with Crippen molar-refractivity contribution in [3.8, 4) is 0 Å². The average Bonchev–Trinajstić information content (AvgIpc) is 3.03. The zero-order chi connectivity index (χ0) is 16.4. The zero-order valence-electron chi connectivity index (χ0n) is 13.9. The molecule has 1 amide bonds. The summed E-state index contributed by atoms with van der Waals surface area (Å²) in [6, 6.07) is 7.95. The van der Waals surface area contributed by atoms with Crippen LogP contribution in [0.1, 0.15) is 40.3 Å². The number of likely N-dealkylation sites (tertiary alicyclic amines) is 1. The Hall–Kier alpha value is -2.43. The molecule has 5 nitrogen and oxygen atoms in total. The smallest absolute Gasteiger partial charge is 0.272 e.